The standard InChI is InChI=1S/C19H12Cl4N2O2/c20-12-3-5-15(22)11(8-12)10-25-18(26)14-2-1-7-24-19(14)27-17-9-13(21)4-6-16(17)23/h1-9H,10H2,(H,25,26). The van der Waals surface area contributed by atoms with Gasteiger partial charge in [-0.15, -0.1) is 0 Å². The first-order valence-electron chi connectivity index (χ1n) is 7.74. The molecule has 3 rings (SSSR count). The maximum Gasteiger partial charge on any atom is 0.257 e. The number of amides is 1. The van der Waals surface area contributed by atoms with Crippen LogP contribution in [0.15, 0.2) is 54.7 Å². The van der Waals surface area contributed by atoms with Crippen LogP contribution in [-0.2, 0) is 6.54 Å². The molecule has 0 aliphatic rings. The van der Waals surface area contributed by atoms with Crippen LogP contribution in [0.5, 0.6) is 11.6 Å². The summed E-state index contributed by atoms with van der Waals surface area (Å²) >= 11 is 24.2. The second kappa shape index (κ2) is 8.81. The van der Waals surface area contributed by atoms with E-state index in [0.29, 0.717) is 31.4 Å². The van der Waals surface area contributed by atoms with Gasteiger partial charge >= 0.3 is 0 Å². The smallest absolute Gasteiger partial charge is 0.257 e. The number of halogens is 4. The Balaban J connectivity index is 1.79. The highest BCUT2D eigenvalue weighted by Crippen LogP contribution is 2.32. The lowest BCUT2D eigenvalue weighted by Crippen LogP contribution is -2.23. The van der Waals surface area contributed by atoms with E-state index in [1.165, 1.54) is 6.20 Å². The van der Waals surface area contributed by atoms with Crippen LogP contribution in [0.1, 0.15) is 15.9 Å². The van der Waals surface area contributed by atoms with E-state index in [9.17, 15) is 4.79 Å². The molecule has 1 heterocycles. The van der Waals surface area contributed by atoms with E-state index < -0.39 is 0 Å². The van der Waals surface area contributed by atoms with Crippen LogP contribution in [0.4, 0.5) is 0 Å². The zero-order valence-corrected chi connectivity index (χ0v) is 16.7. The third-order valence-corrected chi connectivity index (χ3v) is 4.71. The van der Waals surface area contributed by atoms with Crippen molar-refractivity contribution in [3.63, 3.8) is 0 Å². The molecule has 8 heteroatoms. The van der Waals surface area contributed by atoms with Crippen LogP contribution >= 0.6 is 46.4 Å². The summed E-state index contributed by atoms with van der Waals surface area (Å²) in [4.78, 5) is 16.7. The van der Waals surface area contributed by atoms with Gasteiger partial charge in [-0.3, -0.25) is 4.79 Å². The van der Waals surface area contributed by atoms with Gasteiger partial charge in [0.05, 0.1) is 5.02 Å². The van der Waals surface area contributed by atoms with E-state index in [4.69, 9.17) is 51.1 Å². The molecular weight excluding hydrogens is 430 g/mol. The third-order valence-electron chi connectivity index (χ3n) is 3.56. The summed E-state index contributed by atoms with van der Waals surface area (Å²) in [6.07, 6.45) is 1.51. The summed E-state index contributed by atoms with van der Waals surface area (Å²) in [6, 6.07) is 13.1. The molecule has 3 aromatic rings. The molecule has 1 aromatic heterocycles. The van der Waals surface area contributed by atoms with Crippen molar-refractivity contribution in [2.24, 2.45) is 0 Å². The minimum Gasteiger partial charge on any atom is -0.437 e. The first-order valence-corrected chi connectivity index (χ1v) is 9.25. The van der Waals surface area contributed by atoms with Crippen LogP contribution in [0.3, 0.4) is 0 Å². The molecular formula is C19H12Cl4N2O2. The number of carbonyl (C=O) groups is 1. The van der Waals surface area contributed by atoms with Crippen molar-refractivity contribution in [3.8, 4) is 11.6 Å². The van der Waals surface area contributed by atoms with Crippen molar-refractivity contribution in [3.05, 3.63) is 85.9 Å². The first kappa shape index (κ1) is 19.8. The van der Waals surface area contributed by atoms with Crippen LogP contribution in [0.25, 0.3) is 0 Å². The molecule has 138 valence electrons. The molecule has 1 amide bonds. The SMILES string of the molecule is O=C(NCc1cc(Cl)ccc1Cl)c1cccnc1Oc1cc(Cl)ccc1Cl. The normalized spacial score (nSPS) is 10.5. The molecule has 1 N–H and O–H groups in total. The molecule has 0 radical (unpaired) electrons. The number of nitrogens with one attached hydrogen (secondary N) is 1. The topological polar surface area (TPSA) is 51.2 Å². The van der Waals surface area contributed by atoms with Gasteiger partial charge in [-0.2, -0.15) is 0 Å². The third kappa shape index (κ3) is 5.05. The second-order valence-corrected chi connectivity index (χ2v) is 7.14. The molecule has 0 bridgehead atoms. The molecule has 0 aliphatic heterocycles. The molecule has 4 nitrogen and oxygen atoms in total. The lowest BCUT2D eigenvalue weighted by atomic mass is 10.2. The van der Waals surface area contributed by atoms with E-state index in [0.717, 1.165) is 0 Å². The summed E-state index contributed by atoms with van der Waals surface area (Å²) < 4.78 is 5.70. The van der Waals surface area contributed by atoms with Gasteiger partial charge in [0, 0.05) is 33.9 Å². The molecule has 0 saturated heterocycles. The monoisotopic (exact) mass is 440 g/mol. The van der Waals surface area contributed by atoms with Crippen molar-refractivity contribution >= 4 is 52.3 Å². The van der Waals surface area contributed by atoms with Crippen LogP contribution in [0.2, 0.25) is 20.1 Å². The Morgan fingerprint density at radius 1 is 0.963 bits per heavy atom. The quantitative estimate of drug-likeness (QED) is 0.497. The fourth-order valence-electron chi connectivity index (χ4n) is 2.25. The number of hydrogen-bond acceptors (Lipinski definition) is 3. The zero-order valence-electron chi connectivity index (χ0n) is 13.7. The highest BCUT2D eigenvalue weighted by Gasteiger charge is 2.16. The van der Waals surface area contributed by atoms with Gasteiger partial charge in [0.2, 0.25) is 5.88 Å². The lowest BCUT2D eigenvalue weighted by Gasteiger charge is -2.12. The van der Waals surface area contributed by atoms with Crippen LogP contribution < -0.4 is 10.1 Å². The van der Waals surface area contributed by atoms with Crippen molar-refractivity contribution < 1.29 is 9.53 Å². The van der Waals surface area contributed by atoms with Gasteiger partial charge in [-0.1, -0.05) is 46.4 Å². The highest BCUT2D eigenvalue weighted by molar-refractivity contribution is 6.34. The maximum absolute atomic E-state index is 12.6. The van der Waals surface area contributed by atoms with E-state index in [1.807, 2.05) is 0 Å². The molecule has 27 heavy (non-hydrogen) atoms. The Bertz CT molecular complexity index is 995. The van der Waals surface area contributed by atoms with Gasteiger partial charge < -0.3 is 10.1 Å². The minimum absolute atomic E-state index is 0.108. The van der Waals surface area contributed by atoms with Crippen molar-refractivity contribution in [1.82, 2.24) is 10.3 Å². The van der Waals surface area contributed by atoms with Crippen LogP contribution in [0, 0.1) is 0 Å². The van der Waals surface area contributed by atoms with Gasteiger partial charge in [-0.25, -0.2) is 4.98 Å². The molecule has 0 atom stereocenters. The lowest BCUT2D eigenvalue weighted by molar-refractivity contribution is 0.0948. The van der Waals surface area contributed by atoms with E-state index >= 15 is 0 Å². The Labute approximate surface area is 176 Å². The fraction of sp³-hybridized carbons (Fsp3) is 0.0526. The van der Waals surface area contributed by atoms with Crippen molar-refractivity contribution in [2.45, 2.75) is 6.54 Å². The summed E-state index contributed by atoms with van der Waals surface area (Å²) in [7, 11) is 0. The Morgan fingerprint density at radius 2 is 1.67 bits per heavy atom. The van der Waals surface area contributed by atoms with Gasteiger partial charge in [0.1, 0.15) is 11.3 Å². The number of rotatable bonds is 5. The number of ether oxygens (including phenoxy) is 1. The number of benzene rings is 2. The van der Waals surface area contributed by atoms with Crippen LogP contribution in [-0.4, -0.2) is 10.9 Å². The van der Waals surface area contributed by atoms with Gasteiger partial charge in [0.15, 0.2) is 0 Å². The highest BCUT2D eigenvalue weighted by atomic mass is 35.5. The largest absolute Gasteiger partial charge is 0.437 e. The summed E-state index contributed by atoms with van der Waals surface area (Å²) in [6.45, 7) is 0.199. The summed E-state index contributed by atoms with van der Waals surface area (Å²) in [5.74, 6) is 0.0263. The predicted octanol–water partition coefficient (Wildman–Crippen LogP) is 6.42. The van der Waals surface area contributed by atoms with E-state index in [-0.39, 0.29) is 23.9 Å². The zero-order chi connectivity index (χ0) is 19.4. The Kier molecular flexibility index (Phi) is 6.45. The predicted molar refractivity (Wildman–Crippen MR) is 108 cm³/mol. The second-order valence-electron chi connectivity index (χ2n) is 5.45. The molecule has 0 fully saturated rings. The number of nitrogens with zero attached hydrogens (tertiary/aromatic N) is 1. The van der Waals surface area contributed by atoms with E-state index in [1.54, 1.807) is 48.5 Å². The molecule has 0 aliphatic carbocycles. The molecule has 0 saturated carbocycles. The number of carbonyl (C=O) groups excluding carboxylic acids is 1. The fourth-order valence-corrected chi connectivity index (χ4v) is 2.95. The average Bonchev–Trinajstić information content (AvgIpc) is 2.65. The Hall–Kier alpha value is -1.98. The van der Waals surface area contributed by atoms with Crippen molar-refractivity contribution in [1.29, 1.82) is 0 Å². The molecule has 0 spiro atoms. The van der Waals surface area contributed by atoms with Crippen molar-refractivity contribution in [2.75, 3.05) is 0 Å². The minimum atomic E-state index is -0.382. The Morgan fingerprint density at radius 3 is 2.44 bits per heavy atom. The number of aromatic nitrogens is 1. The van der Waals surface area contributed by atoms with E-state index in [2.05, 4.69) is 10.3 Å². The molecule has 0 unspecified atom stereocenters. The number of hydrogen-bond donors (Lipinski definition) is 1. The van der Waals surface area contributed by atoms with Gasteiger partial charge in [0.25, 0.3) is 5.91 Å². The summed E-state index contributed by atoms with van der Waals surface area (Å²) in [5, 5.41) is 4.61. The van der Waals surface area contributed by atoms with Gasteiger partial charge in [-0.05, 0) is 48.0 Å². The maximum atomic E-state index is 12.6. The first-order chi connectivity index (χ1) is 12.9. The average molecular weight is 442 g/mol. The number of pyridine rings is 1. The molecule has 2 aromatic carbocycles. The summed E-state index contributed by atoms with van der Waals surface area (Å²) in [5.41, 5.74) is 0.938.